The molecule has 2 atom stereocenters. The number of phenols is 1. The Bertz CT molecular complexity index is 553. The minimum absolute atomic E-state index is 0.0741. The maximum absolute atomic E-state index is 13.8. The van der Waals surface area contributed by atoms with E-state index >= 15 is 0 Å². The number of rotatable bonds is 5. The summed E-state index contributed by atoms with van der Waals surface area (Å²) < 4.78 is 13.8. The Kier molecular flexibility index (Phi) is 4.74. The van der Waals surface area contributed by atoms with Crippen molar-refractivity contribution < 1.29 is 9.50 Å². The SMILES string of the molecule is CCC(N[C@H](C)c1ccccc1F)c1ccc(O)cc1. The maximum atomic E-state index is 13.8. The first kappa shape index (κ1) is 14.5. The first-order valence-corrected chi connectivity index (χ1v) is 6.91. The molecule has 0 heterocycles. The van der Waals surface area contributed by atoms with E-state index in [4.69, 9.17) is 0 Å². The van der Waals surface area contributed by atoms with Crippen LogP contribution in [0.3, 0.4) is 0 Å². The number of halogens is 1. The van der Waals surface area contributed by atoms with Crippen LogP contribution in [-0.4, -0.2) is 5.11 Å². The smallest absolute Gasteiger partial charge is 0.127 e. The van der Waals surface area contributed by atoms with E-state index in [-0.39, 0.29) is 23.7 Å². The lowest BCUT2D eigenvalue weighted by Crippen LogP contribution is -2.24. The molecule has 2 aromatic rings. The molecule has 0 spiro atoms. The summed E-state index contributed by atoms with van der Waals surface area (Å²) in [4.78, 5) is 0. The molecular formula is C17H20FNO. The summed E-state index contributed by atoms with van der Waals surface area (Å²) in [5.74, 6) is 0.0683. The molecule has 0 aliphatic rings. The van der Waals surface area contributed by atoms with Crippen LogP contribution in [-0.2, 0) is 0 Å². The van der Waals surface area contributed by atoms with Gasteiger partial charge in [-0.2, -0.15) is 0 Å². The average Bonchev–Trinajstić information content (AvgIpc) is 2.46. The Balaban J connectivity index is 2.14. The highest BCUT2D eigenvalue weighted by Gasteiger charge is 2.16. The number of benzene rings is 2. The molecule has 0 aliphatic heterocycles. The number of nitrogens with one attached hydrogen (secondary N) is 1. The highest BCUT2D eigenvalue weighted by atomic mass is 19.1. The first-order chi connectivity index (χ1) is 9.61. The molecule has 0 aliphatic carbocycles. The van der Waals surface area contributed by atoms with Gasteiger partial charge in [0.1, 0.15) is 11.6 Å². The molecule has 2 N–H and O–H groups in total. The Hall–Kier alpha value is -1.87. The predicted molar refractivity (Wildman–Crippen MR) is 79.1 cm³/mol. The van der Waals surface area contributed by atoms with Gasteiger partial charge in [-0.25, -0.2) is 4.39 Å². The summed E-state index contributed by atoms with van der Waals surface area (Å²) in [6, 6.07) is 14.0. The Morgan fingerprint density at radius 2 is 1.75 bits per heavy atom. The third kappa shape index (κ3) is 3.36. The van der Waals surface area contributed by atoms with Crippen LogP contribution in [0.5, 0.6) is 5.75 Å². The van der Waals surface area contributed by atoms with Gasteiger partial charge >= 0.3 is 0 Å². The van der Waals surface area contributed by atoms with Crippen molar-refractivity contribution in [3.05, 3.63) is 65.5 Å². The van der Waals surface area contributed by atoms with Gasteiger partial charge in [0, 0.05) is 17.6 Å². The van der Waals surface area contributed by atoms with Crippen molar-refractivity contribution in [2.75, 3.05) is 0 Å². The summed E-state index contributed by atoms with van der Waals surface area (Å²) in [5.41, 5.74) is 1.76. The van der Waals surface area contributed by atoms with Crippen LogP contribution < -0.4 is 5.32 Å². The van der Waals surface area contributed by atoms with Gasteiger partial charge in [-0.15, -0.1) is 0 Å². The molecular weight excluding hydrogens is 253 g/mol. The molecule has 0 radical (unpaired) electrons. The molecule has 0 amide bonds. The molecule has 20 heavy (non-hydrogen) atoms. The highest BCUT2D eigenvalue weighted by molar-refractivity contribution is 5.28. The fourth-order valence-corrected chi connectivity index (χ4v) is 2.37. The fraction of sp³-hybridized carbons (Fsp3) is 0.294. The Morgan fingerprint density at radius 1 is 1.10 bits per heavy atom. The van der Waals surface area contributed by atoms with E-state index in [9.17, 15) is 9.50 Å². The van der Waals surface area contributed by atoms with Crippen molar-refractivity contribution >= 4 is 0 Å². The number of phenolic OH excluding ortho intramolecular Hbond substituents is 1. The van der Waals surface area contributed by atoms with Crippen molar-refractivity contribution in [3.8, 4) is 5.75 Å². The van der Waals surface area contributed by atoms with E-state index in [0.717, 1.165) is 12.0 Å². The molecule has 0 saturated carbocycles. The van der Waals surface area contributed by atoms with Gasteiger partial charge in [0.2, 0.25) is 0 Å². The van der Waals surface area contributed by atoms with Gasteiger partial charge in [-0.05, 0) is 37.1 Å². The third-order valence-electron chi connectivity index (χ3n) is 3.53. The van der Waals surface area contributed by atoms with Crippen LogP contribution in [0, 0.1) is 5.82 Å². The van der Waals surface area contributed by atoms with E-state index in [1.54, 1.807) is 24.3 Å². The largest absolute Gasteiger partial charge is 0.508 e. The zero-order valence-corrected chi connectivity index (χ0v) is 11.8. The molecule has 0 aromatic heterocycles. The molecule has 2 aromatic carbocycles. The predicted octanol–water partition coefficient (Wildman–Crippen LogP) is 4.33. The average molecular weight is 273 g/mol. The summed E-state index contributed by atoms with van der Waals surface area (Å²) in [5, 5.41) is 12.8. The highest BCUT2D eigenvalue weighted by Crippen LogP contribution is 2.24. The summed E-state index contributed by atoms with van der Waals surface area (Å²) in [7, 11) is 0. The Labute approximate surface area is 119 Å². The van der Waals surface area contributed by atoms with Gasteiger partial charge in [0.05, 0.1) is 0 Å². The van der Waals surface area contributed by atoms with E-state index in [1.807, 2.05) is 25.1 Å². The van der Waals surface area contributed by atoms with Crippen molar-refractivity contribution in [2.45, 2.75) is 32.4 Å². The molecule has 0 bridgehead atoms. The van der Waals surface area contributed by atoms with Crippen LogP contribution in [0.15, 0.2) is 48.5 Å². The van der Waals surface area contributed by atoms with E-state index in [1.165, 1.54) is 6.07 Å². The zero-order chi connectivity index (χ0) is 14.5. The van der Waals surface area contributed by atoms with Gasteiger partial charge in [0.15, 0.2) is 0 Å². The van der Waals surface area contributed by atoms with Gasteiger partial charge < -0.3 is 10.4 Å². The molecule has 1 unspecified atom stereocenters. The number of hydrogen-bond donors (Lipinski definition) is 2. The normalized spacial score (nSPS) is 13.9. The van der Waals surface area contributed by atoms with Crippen molar-refractivity contribution in [2.24, 2.45) is 0 Å². The zero-order valence-electron chi connectivity index (χ0n) is 11.8. The van der Waals surface area contributed by atoms with E-state index < -0.39 is 0 Å². The van der Waals surface area contributed by atoms with Gasteiger partial charge in [-0.1, -0.05) is 37.3 Å². The van der Waals surface area contributed by atoms with Crippen LogP contribution >= 0.6 is 0 Å². The molecule has 3 heteroatoms. The summed E-state index contributed by atoms with van der Waals surface area (Å²) >= 11 is 0. The number of hydrogen-bond acceptors (Lipinski definition) is 2. The molecule has 2 nitrogen and oxygen atoms in total. The lowest BCUT2D eigenvalue weighted by molar-refractivity contribution is 0.441. The molecule has 0 saturated heterocycles. The maximum Gasteiger partial charge on any atom is 0.127 e. The minimum atomic E-state index is -0.187. The van der Waals surface area contributed by atoms with E-state index in [2.05, 4.69) is 12.2 Å². The second-order valence-corrected chi connectivity index (χ2v) is 4.96. The molecule has 2 rings (SSSR count). The monoisotopic (exact) mass is 273 g/mol. The van der Waals surface area contributed by atoms with Crippen molar-refractivity contribution in [3.63, 3.8) is 0 Å². The molecule has 0 fully saturated rings. The van der Waals surface area contributed by atoms with Crippen LogP contribution in [0.2, 0.25) is 0 Å². The number of aromatic hydroxyl groups is 1. The standard InChI is InChI=1S/C17H20FNO/c1-3-17(13-8-10-14(20)11-9-13)19-12(2)15-6-4-5-7-16(15)18/h4-12,17,19-20H,3H2,1-2H3/t12-,17?/m1/s1. The minimum Gasteiger partial charge on any atom is -0.508 e. The second kappa shape index (κ2) is 6.53. The summed E-state index contributed by atoms with van der Waals surface area (Å²) in [6.07, 6.45) is 0.892. The first-order valence-electron chi connectivity index (χ1n) is 6.91. The van der Waals surface area contributed by atoms with E-state index in [0.29, 0.717) is 5.56 Å². The van der Waals surface area contributed by atoms with Crippen molar-refractivity contribution in [1.82, 2.24) is 5.32 Å². The van der Waals surface area contributed by atoms with Gasteiger partial charge in [0.25, 0.3) is 0 Å². The topological polar surface area (TPSA) is 32.3 Å². The van der Waals surface area contributed by atoms with Gasteiger partial charge in [-0.3, -0.25) is 0 Å². The fourth-order valence-electron chi connectivity index (χ4n) is 2.37. The lowest BCUT2D eigenvalue weighted by Gasteiger charge is -2.23. The molecule has 106 valence electrons. The van der Waals surface area contributed by atoms with Crippen molar-refractivity contribution in [1.29, 1.82) is 0 Å². The Morgan fingerprint density at radius 3 is 2.35 bits per heavy atom. The van der Waals surface area contributed by atoms with Crippen LogP contribution in [0.4, 0.5) is 4.39 Å². The van der Waals surface area contributed by atoms with Crippen LogP contribution in [0.1, 0.15) is 43.5 Å². The lowest BCUT2D eigenvalue weighted by atomic mass is 10.0. The summed E-state index contributed by atoms with van der Waals surface area (Å²) in [6.45, 7) is 4.04. The van der Waals surface area contributed by atoms with Crippen LogP contribution in [0.25, 0.3) is 0 Å². The third-order valence-corrected chi connectivity index (χ3v) is 3.53. The second-order valence-electron chi connectivity index (χ2n) is 4.96. The quantitative estimate of drug-likeness (QED) is 0.849.